The third-order valence-corrected chi connectivity index (χ3v) is 9.15. The second kappa shape index (κ2) is 14.5. The van der Waals surface area contributed by atoms with E-state index < -0.39 is 23.5 Å². The Hall–Kier alpha value is -3.92. The molecule has 0 saturated carbocycles. The molecule has 10 heteroatoms. The minimum absolute atomic E-state index is 0.0223. The monoisotopic (exact) mass is 631 g/mol. The number of benzene rings is 3. The number of ketones is 1. The number of aromatic nitrogens is 2. The van der Waals surface area contributed by atoms with E-state index in [-0.39, 0.29) is 10.7 Å². The molecule has 4 aromatic rings. The summed E-state index contributed by atoms with van der Waals surface area (Å²) in [5.41, 5.74) is 2.48. The van der Waals surface area contributed by atoms with Crippen LogP contribution < -0.4 is 9.64 Å². The highest BCUT2D eigenvalue weighted by Gasteiger charge is 2.45. The summed E-state index contributed by atoms with van der Waals surface area (Å²) >= 11 is 8.70. The average Bonchev–Trinajstić information content (AvgIpc) is 3.60. The SMILES string of the molecule is CCCCCOc1cccc(C2C(C(=O)C=Cc3ccccc3)=C(O)C(=O)N2c2nnc(SCc3ccc(Cl)cc3)s2)c1. The molecule has 5 rings (SSSR count). The fourth-order valence-corrected chi connectivity index (χ4v) is 6.55. The van der Waals surface area contributed by atoms with Crippen molar-refractivity contribution in [2.24, 2.45) is 0 Å². The van der Waals surface area contributed by atoms with Gasteiger partial charge in [-0.15, -0.1) is 10.2 Å². The Labute approximate surface area is 263 Å². The molecule has 0 fully saturated rings. The first-order valence-electron chi connectivity index (χ1n) is 13.9. The molecule has 3 aromatic carbocycles. The van der Waals surface area contributed by atoms with Crippen LogP contribution in [0.25, 0.3) is 6.08 Å². The van der Waals surface area contributed by atoms with Crippen LogP contribution in [-0.2, 0) is 15.3 Å². The van der Waals surface area contributed by atoms with Gasteiger partial charge in [0.15, 0.2) is 15.9 Å². The van der Waals surface area contributed by atoms with Crippen LogP contribution in [-0.4, -0.2) is 33.6 Å². The first kappa shape index (κ1) is 30.5. The molecule has 1 aromatic heterocycles. The number of hydrogen-bond donors (Lipinski definition) is 1. The standard InChI is InChI=1S/C33H30ClN3O4S2/c1-2-3-7-19-41-26-12-8-11-24(20-26)29-28(27(38)18-15-22-9-5-4-6-10-22)30(39)31(40)37(29)32-35-36-33(43-32)42-21-23-13-16-25(34)17-14-23/h4-6,8-18,20,29,39H,2-3,7,19,21H2,1H3. The highest BCUT2D eigenvalue weighted by Crippen LogP contribution is 2.44. The maximum Gasteiger partial charge on any atom is 0.296 e. The predicted molar refractivity (Wildman–Crippen MR) is 173 cm³/mol. The lowest BCUT2D eigenvalue weighted by Crippen LogP contribution is -2.30. The molecule has 1 amide bonds. The van der Waals surface area contributed by atoms with Crippen molar-refractivity contribution >= 4 is 57.6 Å². The summed E-state index contributed by atoms with van der Waals surface area (Å²) in [6.07, 6.45) is 6.10. The Bertz CT molecular complexity index is 1640. The number of thioether (sulfide) groups is 1. The second-order valence-electron chi connectivity index (χ2n) is 9.84. The van der Waals surface area contributed by atoms with Crippen molar-refractivity contribution in [2.45, 2.75) is 42.3 Å². The fourth-order valence-electron chi connectivity index (χ4n) is 4.60. The fraction of sp³-hybridized carbons (Fsp3) is 0.212. The van der Waals surface area contributed by atoms with Crippen molar-refractivity contribution in [3.05, 3.63) is 118 Å². The molecular weight excluding hydrogens is 602 g/mol. The number of nitrogens with zero attached hydrogens (tertiary/aromatic N) is 3. The van der Waals surface area contributed by atoms with Gasteiger partial charge in [0.2, 0.25) is 5.13 Å². The van der Waals surface area contributed by atoms with Crippen molar-refractivity contribution in [1.29, 1.82) is 0 Å². The van der Waals surface area contributed by atoms with Gasteiger partial charge in [0, 0.05) is 10.8 Å². The van der Waals surface area contributed by atoms with Gasteiger partial charge in [-0.2, -0.15) is 0 Å². The zero-order valence-corrected chi connectivity index (χ0v) is 25.9. The molecule has 0 radical (unpaired) electrons. The van der Waals surface area contributed by atoms with E-state index in [0.29, 0.717) is 33.0 Å². The lowest BCUT2D eigenvalue weighted by atomic mass is 9.95. The van der Waals surface area contributed by atoms with Crippen molar-refractivity contribution in [3.63, 3.8) is 0 Å². The Morgan fingerprint density at radius 2 is 1.86 bits per heavy atom. The van der Waals surface area contributed by atoms with Gasteiger partial charge in [-0.05, 0) is 53.5 Å². The minimum Gasteiger partial charge on any atom is -0.503 e. The number of carbonyl (C=O) groups excluding carboxylic acids is 2. The Morgan fingerprint density at radius 1 is 1.07 bits per heavy atom. The number of carbonyl (C=O) groups is 2. The number of rotatable bonds is 13. The van der Waals surface area contributed by atoms with Crippen LogP contribution >= 0.6 is 34.7 Å². The highest BCUT2D eigenvalue weighted by atomic mass is 35.5. The summed E-state index contributed by atoms with van der Waals surface area (Å²) in [5, 5.41) is 20.6. The number of ether oxygens (including phenoxy) is 1. The number of hydrogen-bond acceptors (Lipinski definition) is 8. The van der Waals surface area contributed by atoms with Crippen molar-refractivity contribution in [3.8, 4) is 5.75 Å². The largest absolute Gasteiger partial charge is 0.503 e. The topological polar surface area (TPSA) is 92.6 Å². The van der Waals surface area contributed by atoms with Gasteiger partial charge in [0.1, 0.15) is 5.75 Å². The summed E-state index contributed by atoms with van der Waals surface area (Å²) in [5.74, 6) is -0.527. The number of aliphatic hydroxyl groups excluding tert-OH is 1. The Kier molecular flexibility index (Phi) is 10.3. The number of anilines is 1. The van der Waals surface area contributed by atoms with Crippen molar-refractivity contribution < 1.29 is 19.4 Å². The summed E-state index contributed by atoms with van der Waals surface area (Å²) in [7, 11) is 0. The molecule has 0 bridgehead atoms. The Morgan fingerprint density at radius 3 is 2.63 bits per heavy atom. The van der Waals surface area contributed by atoms with Crippen molar-refractivity contribution in [1.82, 2.24) is 10.2 Å². The summed E-state index contributed by atoms with van der Waals surface area (Å²) in [4.78, 5) is 28.5. The van der Waals surface area contributed by atoms with Crippen molar-refractivity contribution in [2.75, 3.05) is 11.5 Å². The molecule has 1 unspecified atom stereocenters. The van der Waals surface area contributed by atoms with E-state index in [1.807, 2.05) is 72.8 Å². The molecule has 1 aliphatic heterocycles. The third kappa shape index (κ3) is 7.54. The molecular formula is C33H30ClN3O4S2. The van der Waals surface area contributed by atoms with Gasteiger partial charge in [0.05, 0.1) is 18.2 Å². The minimum atomic E-state index is -0.915. The molecule has 43 heavy (non-hydrogen) atoms. The van der Waals surface area contributed by atoms with Crippen LogP contribution in [0.3, 0.4) is 0 Å². The molecule has 1 N–H and O–H groups in total. The van der Waals surface area contributed by atoms with Crippen LogP contribution in [0, 0.1) is 0 Å². The maximum atomic E-state index is 13.6. The van der Waals surface area contributed by atoms with E-state index in [4.69, 9.17) is 16.3 Å². The number of amides is 1. The molecule has 1 atom stereocenters. The van der Waals surface area contributed by atoms with E-state index in [1.165, 1.54) is 34.1 Å². The quantitative estimate of drug-likeness (QED) is 0.0687. The van der Waals surface area contributed by atoms with Crippen LogP contribution in [0.2, 0.25) is 5.02 Å². The molecule has 0 saturated heterocycles. The van der Waals surface area contributed by atoms with Gasteiger partial charge in [0.25, 0.3) is 5.91 Å². The van der Waals surface area contributed by atoms with Crippen LogP contribution in [0.4, 0.5) is 5.13 Å². The lowest BCUT2D eigenvalue weighted by molar-refractivity contribution is -0.117. The van der Waals surface area contributed by atoms with E-state index >= 15 is 0 Å². The van der Waals surface area contributed by atoms with Crippen LogP contribution in [0.1, 0.15) is 48.9 Å². The zero-order valence-electron chi connectivity index (χ0n) is 23.5. The number of halogens is 1. The number of unbranched alkanes of at least 4 members (excludes halogenated alkanes) is 2. The third-order valence-electron chi connectivity index (χ3n) is 6.77. The highest BCUT2D eigenvalue weighted by molar-refractivity contribution is 8.00. The first-order chi connectivity index (χ1) is 20.9. The number of allylic oxidation sites excluding steroid dienone is 1. The van der Waals surface area contributed by atoms with Gasteiger partial charge < -0.3 is 9.84 Å². The van der Waals surface area contributed by atoms with Gasteiger partial charge >= 0.3 is 0 Å². The second-order valence-corrected chi connectivity index (χ2v) is 12.5. The average molecular weight is 632 g/mol. The first-order valence-corrected chi connectivity index (χ1v) is 16.1. The smallest absolute Gasteiger partial charge is 0.296 e. The maximum absolute atomic E-state index is 13.6. The van der Waals surface area contributed by atoms with Gasteiger partial charge in [-0.25, -0.2) is 0 Å². The molecule has 220 valence electrons. The zero-order chi connectivity index (χ0) is 30.2. The predicted octanol–water partition coefficient (Wildman–Crippen LogP) is 8.24. The summed E-state index contributed by atoms with van der Waals surface area (Å²) in [6.45, 7) is 2.69. The van der Waals surface area contributed by atoms with E-state index in [0.717, 1.165) is 30.4 Å². The van der Waals surface area contributed by atoms with E-state index in [9.17, 15) is 14.7 Å². The molecule has 2 heterocycles. The van der Waals surface area contributed by atoms with Gasteiger partial charge in [-0.1, -0.05) is 115 Å². The van der Waals surface area contributed by atoms with E-state index in [2.05, 4.69) is 17.1 Å². The lowest BCUT2D eigenvalue weighted by Gasteiger charge is -2.24. The normalized spacial score (nSPS) is 15.1. The Balaban J connectivity index is 1.45. The molecule has 1 aliphatic rings. The summed E-state index contributed by atoms with van der Waals surface area (Å²) in [6, 6.07) is 23.3. The summed E-state index contributed by atoms with van der Waals surface area (Å²) < 4.78 is 6.62. The molecule has 7 nitrogen and oxygen atoms in total. The van der Waals surface area contributed by atoms with Crippen LogP contribution in [0.15, 0.2) is 101 Å². The van der Waals surface area contributed by atoms with E-state index in [1.54, 1.807) is 12.1 Å². The molecule has 0 aliphatic carbocycles. The van der Waals surface area contributed by atoms with Gasteiger partial charge in [-0.3, -0.25) is 14.5 Å². The molecule has 0 spiro atoms. The van der Waals surface area contributed by atoms with Crippen LogP contribution in [0.5, 0.6) is 5.75 Å². The number of aliphatic hydroxyl groups is 1.